The highest BCUT2D eigenvalue weighted by Gasteiger charge is 2.30. The molecule has 0 aliphatic rings. The minimum absolute atomic E-state index is 0.0478. The molecule has 0 spiro atoms. The molecule has 0 bridgehead atoms. The van der Waals surface area contributed by atoms with Gasteiger partial charge in [-0.1, -0.05) is 0 Å². The first-order valence-electron chi connectivity index (χ1n) is 8.50. The lowest BCUT2D eigenvalue weighted by atomic mass is 10.1. The van der Waals surface area contributed by atoms with Gasteiger partial charge in [-0.25, -0.2) is 4.79 Å². The number of carbonyl (C=O) groups excluding carboxylic acids is 2. The zero-order chi connectivity index (χ0) is 21.9. The summed E-state index contributed by atoms with van der Waals surface area (Å²) in [4.78, 5) is 50.0. The fraction of sp³-hybridized carbons (Fsp3) is 0.667. The van der Waals surface area contributed by atoms with Gasteiger partial charge in [-0.3, -0.25) is 19.4 Å². The summed E-state index contributed by atoms with van der Waals surface area (Å²) in [6, 6.07) is -3.93. The second kappa shape index (κ2) is 12.5. The molecule has 2 amide bonds. The van der Waals surface area contributed by atoms with Crippen molar-refractivity contribution in [3.8, 4) is 0 Å². The molecule has 0 aliphatic heterocycles. The first-order chi connectivity index (χ1) is 13.0. The Hall–Kier alpha value is -2.93. The molecule has 0 aromatic carbocycles. The summed E-state index contributed by atoms with van der Waals surface area (Å²) in [7, 11) is 0. The molecule has 0 rings (SSSR count). The minimum Gasteiger partial charge on any atom is -0.481 e. The van der Waals surface area contributed by atoms with Gasteiger partial charge < -0.3 is 43.2 Å². The number of aliphatic hydroxyl groups is 1. The van der Waals surface area contributed by atoms with E-state index in [2.05, 4.69) is 15.6 Å². The van der Waals surface area contributed by atoms with E-state index in [4.69, 9.17) is 27.4 Å². The van der Waals surface area contributed by atoms with Crippen LogP contribution in [0.3, 0.4) is 0 Å². The van der Waals surface area contributed by atoms with Crippen LogP contribution < -0.4 is 27.8 Å². The van der Waals surface area contributed by atoms with Gasteiger partial charge in [0.1, 0.15) is 6.04 Å². The second-order valence-electron chi connectivity index (χ2n) is 6.11. The van der Waals surface area contributed by atoms with Crippen molar-refractivity contribution in [1.82, 2.24) is 10.6 Å². The van der Waals surface area contributed by atoms with Crippen LogP contribution in [0.2, 0.25) is 0 Å². The number of hydrogen-bond acceptors (Lipinski definition) is 7. The average Bonchev–Trinajstić information content (AvgIpc) is 2.58. The SMILES string of the molecule is C[C@@H](O)[C@H](NC(=O)[C@H](CCCN=C(N)N)NC(=O)[C@@H](N)CCC(=O)O)C(=O)O. The molecule has 28 heavy (non-hydrogen) atoms. The molecule has 0 unspecified atom stereocenters. The Bertz CT molecular complexity index is 591. The summed E-state index contributed by atoms with van der Waals surface area (Å²) in [6.07, 6.45) is -1.54. The number of nitrogens with zero attached hydrogens (tertiary/aromatic N) is 1. The van der Waals surface area contributed by atoms with Gasteiger partial charge in [0.05, 0.1) is 12.1 Å². The van der Waals surface area contributed by atoms with E-state index < -0.39 is 48.0 Å². The number of rotatable bonds is 13. The molecule has 13 heteroatoms. The summed E-state index contributed by atoms with van der Waals surface area (Å²) in [5.41, 5.74) is 16.0. The van der Waals surface area contributed by atoms with E-state index in [-0.39, 0.29) is 38.2 Å². The Balaban J connectivity index is 5.09. The number of nitrogens with two attached hydrogens (primary N) is 3. The topological polar surface area (TPSA) is 243 Å². The van der Waals surface area contributed by atoms with Crippen LogP contribution in [0.25, 0.3) is 0 Å². The Labute approximate surface area is 161 Å². The molecule has 0 saturated carbocycles. The summed E-state index contributed by atoms with van der Waals surface area (Å²) in [5, 5.41) is 31.7. The van der Waals surface area contributed by atoms with E-state index in [1.807, 2.05) is 0 Å². The lowest BCUT2D eigenvalue weighted by molar-refractivity contribution is -0.145. The molecule has 13 nitrogen and oxygen atoms in total. The predicted molar refractivity (Wildman–Crippen MR) is 97.9 cm³/mol. The lowest BCUT2D eigenvalue weighted by Crippen LogP contribution is -2.56. The summed E-state index contributed by atoms with van der Waals surface area (Å²) < 4.78 is 0. The molecular formula is C15H28N6O7. The first-order valence-corrected chi connectivity index (χ1v) is 8.50. The van der Waals surface area contributed by atoms with Crippen molar-refractivity contribution in [2.45, 2.75) is 56.8 Å². The van der Waals surface area contributed by atoms with E-state index in [0.29, 0.717) is 0 Å². The number of carbonyl (C=O) groups is 4. The van der Waals surface area contributed by atoms with Crippen LogP contribution in [0.5, 0.6) is 0 Å². The van der Waals surface area contributed by atoms with E-state index >= 15 is 0 Å². The third kappa shape index (κ3) is 10.3. The van der Waals surface area contributed by atoms with Gasteiger partial charge >= 0.3 is 11.9 Å². The molecule has 160 valence electrons. The van der Waals surface area contributed by atoms with Gasteiger partial charge in [-0.15, -0.1) is 0 Å². The summed E-state index contributed by atoms with van der Waals surface area (Å²) in [6.45, 7) is 1.35. The standard InChI is InChI=1S/C15H28N6O7/c1-7(22)11(14(27)28)21-13(26)9(3-2-6-19-15(17)18)20-12(25)8(16)4-5-10(23)24/h7-9,11,22H,2-6,16H2,1H3,(H,20,25)(H,21,26)(H,23,24)(H,27,28)(H4,17,18,19)/t7-,8+,9+,11+/m1/s1. The van der Waals surface area contributed by atoms with Gasteiger partial charge in [-0.05, 0) is 26.2 Å². The third-order valence-corrected chi connectivity index (χ3v) is 3.63. The van der Waals surface area contributed by atoms with Crippen LogP contribution in [-0.4, -0.2) is 75.8 Å². The van der Waals surface area contributed by atoms with E-state index in [0.717, 1.165) is 0 Å². The number of nitrogens with one attached hydrogen (secondary N) is 2. The van der Waals surface area contributed by atoms with Crippen LogP contribution in [0.1, 0.15) is 32.6 Å². The van der Waals surface area contributed by atoms with Crippen LogP contribution in [-0.2, 0) is 19.2 Å². The number of aliphatic carboxylic acids is 2. The van der Waals surface area contributed by atoms with Gasteiger partial charge in [-0.2, -0.15) is 0 Å². The molecule has 0 aromatic rings. The van der Waals surface area contributed by atoms with Crippen molar-refractivity contribution < 1.29 is 34.5 Å². The molecule has 0 radical (unpaired) electrons. The average molecular weight is 404 g/mol. The van der Waals surface area contributed by atoms with Crippen LogP contribution >= 0.6 is 0 Å². The van der Waals surface area contributed by atoms with E-state index in [9.17, 15) is 24.3 Å². The summed E-state index contributed by atoms with van der Waals surface area (Å²) >= 11 is 0. The maximum absolute atomic E-state index is 12.4. The fourth-order valence-corrected chi connectivity index (χ4v) is 2.10. The molecule has 0 heterocycles. The number of guanidine groups is 1. The zero-order valence-electron chi connectivity index (χ0n) is 15.5. The largest absolute Gasteiger partial charge is 0.481 e. The molecule has 0 aliphatic carbocycles. The van der Waals surface area contributed by atoms with Crippen LogP contribution in [0.15, 0.2) is 4.99 Å². The van der Waals surface area contributed by atoms with Crippen molar-refractivity contribution in [3.05, 3.63) is 0 Å². The number of aliphatic hydroxyl groups excluding tert-OH is 1. The third-order valence-electron chi connectivity index (χ3n) is 3.63. The highest BCUT2D eigenvalue weighted by atomic mass is 16.4. The van der Waals surface area contributed by atoms with Gasteiger partial charge in [0, 0.05) is 13.0 Å². The van der Waals surface area contributed by atoms with Crippen molar-refractivity contribution >= 4 is 29.7 Å². The molecule has 0 saturated heterocycles. The molecule has 0 fully saturated rings. The monoisotopic (exact) mass is 404 g/mol. The number of hydrogen-bond donors (Lipinski definition) is 8. The normalized spacial score (nSPS) is 14.8. The molecule has 4 atom stereocenters. The molecular weight excluding hydrogens is 376 g/mol. The van der Waals surface area contributed by atoms with Crippen molar-refractivity contribution in [2.75, 3.05) is 6.54 Å². The predicted octanol–water partition coefficient (Wildman–Crippen LogP) is -3.33. The maximum atomic E-state index is 12.4. The second-order valence-corrected chi connectivity index (χ2v) is 6.11. The lowest BCUT2D eigenvalue weighted by Gasteiger charge is -2.23. The summed E-state index contributed by atoms with van der Waals surface area (Å²) in [5.74, 6) is -4.35. The van der Waals surface area contributed by atoms with Crippen LogP contribution in [0, 0.1) is 0 Å². The number of carboxylic acids is 2. The Morgan fingerprint density at radius 3 is 2.11 bits per heavy atom. The minimum atomic E-state index is -1.58. The van der Waals surface area contributed by atoms with Crippen LogP contribution in [0.4, 0.5) is 0 Å². The van der Waals surface area contributed by atoms with E-state index in [1.54, 1.807) is 0 Å². The van der Waals surface area contributed by atoms with Gasteiger partial charge in [0.2, 0.25) is 11.8 Å². The van der Waals surface area contributed by atoms with Crippen molar-refractivity contribution in [1.29, 1.82) is 0 Å². The smallest absolute Gasteiger partial charge is 0.328 e. The maximum Gasteiger partial charge on any atom is 0.328 e. The Morgan fingerprint density at radius 1 is 1.04 bits per heavy atom. The number of carboxylic acid groups (broad SMARTS) is 2. The Morgan fingerprint density at radius 2 is 1.64 bits per heavy atom. The highest BCUT2D eigenvalue weighted by Crippen LogP contribution is 2.03. The van der Waals surface area contributed by atoms with Crippen molar-refractivity contribution in [2.24, 2.45) is 22.2 Å². The number of aliphatic imine (C=N–C) groups is 1. The van der Waals surface area contributed by atoms with Crippen molar-refractivity contribution in [3.63, 3.8) is 0 Å². The quantitative estimate of drug-likeness (QED) is 0.0861. The fourth-order valence-electron chi connectivity index (χ4n) is 2.10. The molecule has 11 N–H and O–H groups in total. The highest BCUT2D eigenvalue weighted by molar-refractivity contribution is 5.92. The first kappa shape index (κ1) is 25.1. The number of amides is 2. The zero-order valence-corrected chi connectivity index (χ0v) is 15.5. The molecule has 0 aromatic heterocycles. The van der Waals surface area contributed by atoms with E-state index in [1.165, 1.54) is 6.92 Å². The van der Waals surface area contributed by atoms with Gasteiger partial charge in [0.25, 0.3) is 0 Å². The van der Waals surface area contributed by atoms with Gasteiger partial charge in [0.15, 0.2) is 12.0 Å². The Kier molecular flexibility index (Phi) is 11.2.